The van der Waals surface area contributed by atoms with E-state index in [0.717, 1.165) is 28.1 Å². The van der Waals surface area contributed by atoms with E-state index in [2.05, 4.69) is 27.1 Å². The smallest absolute Gasteiger partial charge is 0.117 e. The van der Waals surface area contributed by atoms with Crippen molar-refractivity contribution < 1.29 is 9.52 Å². The number of nitrogens with zero attached hydrogens (tertiary/aromatic N) is 4. The molecule has 0 aliphatic carbocycles. The Balaban J connectivity index is 1.53. The molecule has 29 heavy (non-hydrogen) atoms. The quantitative estimate of drug-likeness (QED) is 0.497. The van der Waals surface area contributed by atoms with Crippen LogP contribution in [0.1, 0.15) is 22.7 Å². The number of fused-ring (bicyclic) bond motifs is 1. The topological polar surface area (TPSA) is 67.3 Å². The van der Waals surface area contributed by atoms with Gasteiger partial charge in [-0.2, -0.15) is 5.10 Å². The lowest BCUT2D eigenvalue weighted by Crippen LogP contribution is -2.34. The largest absolute Gasteiger partial charge is 0.468 e. The fourth-order valence-corrected chi connectivity index (χ4v) is 3.77. The number of aromatic nitrogens is 3. The molecule has 0 amide bonds. The molecule has 0 radical (unpaired) electrons. The van der Waals surface area contributed by atoms with Gasteiger partial charge in [0, 0.05) is 30.4 Å². The molecular weight excluding hydrogens is 364 g/mol. The summed E-state index contributed by atoms with van der Waals surface area (Å²) in [6.45, 7) is 6.26. The molecule has 4 aromatic rings. The van der Waals surface area contributed by atoms with Gasteiger partial charge < -0.3 is 9.52 Å². The normalized spacial score (nSPS) is 12.7. The first-order valence-corrected chi connectivity index (χ1v) is 9.85. The van der Waals surface area contributed by atoms with Crippen LogP contribution in [0.3, 0.4) is 0 Å². The Morgan fingerprint density at radius 3 is 2.76 bits per heavy atom. The maximum absolute atomic E-state index is 10.8. The number of rotatable bonds is 8. The summed E-state index contributed by atoms with van der Waals surface area (Å²) in [7, 11) is 0. The van der Waals surface area contributed by atoms with Gasteiger partial charge in [-0.1, -0.05) is 18.2 Å². The van der Waals surface area contributed by atoms with Crippen LogP contribution in [0, 0.1) is 13.8 Å². The van der Waals surface area contributed by atoms with Gasteiger partial charge in [-0.15, -0.1) is 0 Å². The van der Waals surface area contributed by atoms with Crippen molar-refractivity contribution in [3.05, 3.63) is 83.7 Å². The molecule has 3 heterocycles. The van der Waals surface area contributed by atoms with E-state index >= 15 is 0 Å². The Kier molecular flexibility index (Phi) is 5.74. The van der Waals surface area contributed by atoms with Crippen LogP contribution in [0.15, 0.2) is 65.4 Å². The van der Waals surface area contributed by atoms with E-state index in [4.69, 9.17) is 4.42 Å². The molecule has 0 spiro atoms. The molecular formula is C23H26N4O2. The highest BCUT2D eigenvalue weighted by Crippen LogP contribution is 2.20. The number of aliphatic hydroxyl groups excluding tert-OH is 1. The minimum Gasteiger partial charge on any atom is -0.468 e. The highest BCUT2D eigenvalue weighted by molar-refractivity contribution is 5.81. The Labute approximate surface area is 170 Å². The van der Waals surface area contributed by atoms with Crippen LogP contribution in [0.4, 0.5) is 0 Å². The molecule has 0 bridgehead atoms. The lowest BCUT2D eigenvalue weighted by molar-refractivity contribution is 0.0841. The molecule has 1 aromatic carbocycles. The molecule has 0 fully saturated rings. The molecule has 6 heteroatoms. The van der Waals surface area contributed by atoms with Crippen LogP contribution in [-0.4, -0.2) is 37.4 Å². The molecule has 150 valence electrons. The second-order valence-electron chi connectivity index (χ2n) is 7.50. The lowest BCUT2D eigenvalue weighted by Gasteiger charge is -2.25. The Bertz CT molecular complexity index is 1070. The SMILES string of the molecule is Cc1cc(C)n(C[C@H](O)CN(Cc2ccco2)Cc2cccc3ncccc23)n1. The molecule has 3 aromatic heterocycles. The molecule has 0 saturated heterocycles. The first kappa shape index (κ1) is 19.4. The van der Waals surface area contributed by atoms with Gasteiger partial charge >= 0.3 is 0 Å². The summed E-state index contributed by atoms with van der Waals surface area (Å²) in [6.07, 6.45) is 2.95. The summed E-state index contributed by atoms with van der Waals surface area (Å²) in [5.41, 5.74) is 4.18. The van der Waals surface area contributed by atoms with Crippen molar-refractivity contribution in [1.82, 2.24) is 19.7 Å². The van der Waals surface area contributed by atoms with Gasteiger partial charge in [0.05, 0.1) is 36.7 Å². The second kappa shape index (κ2) is 8.59. The molecule has 1 N–H and O–H groups in total. The van der Waals surface area contributed by atoms with Crippen LogP contribution in [0.5, 0.6) is 0 Å². The summed E-state index contributed by atoms with van der Waals surface area (Å²) < 4.78 is 7.43. The molecule has 0 unspecified atom stereocenters. The van der Waals surface area contributed by atoms with E-state index < -0.39 is 6.10 Å². The standard InChI is InChI=1S/C23H26N4O2/c1-17-12-18(2)27(25-17)15-20(28)14-26(16-21-7-5-11-29-21)13-19-6-3-9-23-22(19)8-4-10-24-23/h3-12,20,28H,13-16H2,1-2H3/t20-/m1/s1. The summed E-state index contributed by atoms with van der Waals surface area (Å²) in [6, 6.07) is 16.1. The van der Waals surface area contributed by atoms with E-state index in [-0.39, 0.29) is 0 Å². The first-order valence-electron chi connectivity index (χ1n) is 9.85. The highest BCUT2D eigenvalue weighted by Gasteiger charge is 2.17. The van der Waals surface area contributed by atoms with E-state index in [1.807, 2.05) is 61.1 Å². The molecule has 4 rings (SSSR count). The van der Waals surface area contributed by atoms with Crippen molar-refractivity contribution in [3.63, 3.8) is 0 Å². The zero-order chi connectivity index (χ0) is 20.2. The average Bonchev–Trinajstić information content (AvgIpc) is 3.31. The van der Waals surface area contributed by atoms with Crippen LogP contribution in [0.2, 0.25) is 0 Å². The number of pyridine rings is 1. The number of benzene rings is 1. The van der Waals surface area contributed by atoms with Crippen LogP contribution >= 0.6 is 0 Å². The monoisotopic (exact) mass is 390 g/mol. The Morgan fingerprint density at radius 1 is 1.10 bits per heavy atom. The van der Waals surface area contributed by atoms with E-state index in [0.29, 0.717) is 26.2 Å². The zero-order valence-electron chi connectivity index (χ0n) is 16.8. The predicted molar refractivity (Wildman–Crippen MR) is 112 cm³/mol. The Hall–Kier alpha value is -2.96. The number of furan rings is 1. The minimum atomic E-state index is -0.545. The van der Waals surface area contributed by atoms with Crippen LogP contribution < -0.4 is 0 Å². The van der Waals surface area contributed by atoms with Crippen molar-refractivity contribution in [2.45, 2.75) is 39.6 Å². The van der Waals surface area contributed by atoms with Gasteiger partial charge in [0.1, 0.15) is 5.76 Å². The third kappa shape index (κ3) is 4.72. The van der Waals surface area contributed by atoms with E-state index in [9.17, 15) is 5.11 Å². The third-order valence-electron chi connectivity index (χ3n) is 5.05. The molecule has 0 aliphatic rings. The number of hydrogen-bond acceptors (Lipinski definition) is 5. The molecule has 1 atom stereocenters. The number of aliphatic hydroxyl groups is 1. The minimum absolute atomic E-state index is 0.464. The summed E-state index contributed by atoms with van der Waals surface area (Å²) in [4.78, 5) is 6.66. The van der Waals surface area contributed by atoms with Crippen molar-refractivity contribution in [1.29, 1.82) is 0 Å². The zero-order valence-corrected chi connectivity index (χ0v) is 16.8. The van der Waals surface area contributed by atoms with E-state index in [1.54, 1.807) is 6.26 Å². The first-order chi connectivity index (χ1) is 14.1. The van der Waals surface area contributed by atoms with Crippen LogP contribution in [-0.2, 0) is 19.6 Å². The fraction of sp³-hybridized carbons (Fsp3) is 0.304. The maximum atomic E-state index is 10.8. The molecule has 0 saturated carbocycles. The van der Waals surface area contributed by atoms with Gasteiger partial charge in [-0.05, 0) is 49.7 Å². The van der Waals surface area contributed by atoms with Gasteiger partial charge in [0.15, 0.2) is 0 Å². The van der Waals surface area contributed by atoms with Gasteiger partial charge in [-0.3, -0.25) is 14.6 Å². The highest BCUT2D eigenvalue weighted by atomic mass is 16.3. The fourth-order valence-electron chi connectivity index (χ4n) is 3.77. The molecule has 6 nitrogen and oxygen atoms in total. The average molecular weight is 390 g/mol. The summed E-state index contributed by atoms with van der Waals surface area (Å²) in [5, 5.41) is 16.4. The Morgan fingerprint density at radius 2 is 2.00 bits per heavy atom. The third-order valence-corrected chi connectivity index (χ3v) is 5.05. The van der Waals surface area contributed by atoms with Gasteiger partial charge in [0.25, 0.3) is 0 Å². The van der Waals surface area contributed by atoms with Crippen molar-refractivity contribution in [3.8, 4) is 0 Å². The van der Waals surface area contributed by atoms with Crippen molar-refractivity contribution in [2.75, 3.05) is 6.54 Å². The predicted octanol–water partition coefficient (Wildman–Crippen LogP) is 3.70. The van der Waals surface area contributed by atoms with Crippen LogP contribution in [0.25, 0.3) is 10.9 Å². The van der Waals surface area contributed by atoms with Gasteiger partial charge in [0.2, 0.25) is 0 Å². The lowest BCUT2D eigenvalue weighted by atomic mass is 10.1. The maximum Gasteiger partial charge on any atom is 0.117 e. The van der Waals surface area contributed by atoms with Crippen molar-refractivity contribution >= 4 is 10.9 Å². The van der Waals surface area contributed by atoms with Crippen molar-refractivity contribution in [2.24, 2.45) is 0 Å². The number of aryl methyl sites for hydroxylation is 2. The summed E-state index contributed by atoms with van der Waals surface area (Å²) >= 11 is 0. The second-order valence-corrected chi connectivity index (χ2v) is 7.50. The summed E-state index contributed by atoms with van der Waals surface area (Å²) in [5.74, 6) is 0.877. The molecule has 0 aliphatic heterocycles. The number of hydrogen-bond donors (Lipinski definition) is 1. The van der Waals surface area contributed by atoms with Gasteiger partial charge in [-0.25, -0.2) is 0 Å². The van der Waals surface area contributed by atoms with E-state index in [1.165, 1.54) is 5.56 Å².